The molecule has 0 unspecified atom stereocenters. The van der Waals surface area contributed by atoms with Crippen molar-refractivity contribution in [1.29, 1.82) is 0 Å². The summed E-state index contributed by atoms with van der Waals surface area (Å²) in [7, 11) is -1.83. The van der Waals surface area contributed by atoms with Gasteiger partial charge >= 0.3 is 0 Å². The normalized spacial score (nSPS) is 12.4. The molecule has 6 heteroatoms. The first-order chi connectivity index (χ1) is 7.75. The van der Waals surface area contributed by atoms with E-state index in [4.69, 9.17) is 0 Å². The molecule has 1 aromatic carbocycles. The second kappa shape index (κ2) is 5.82. The highest BCUT2D eigenvalue weighted by Gasteiger charge is 2.23. The summed E-state index contributed by atoms with van der Waals surface area (Å²) in [5, 5.41) is 0. The van der Waals surface area contributed by atoms with Crippen LogP contribution < -0.4 is 0 Å². The highest BCUT2D eigenvalue weighted by atomic mass is 79.9. The molecule has 96 valence electrons. The molecule has 3 nitrogen and oxygen atoms in total. The highest BCUT2D eigenvalue weighted by molar-refractivity contribution is 9.11. The van der Waals surface area contributed by atoms with Crippen LogP contribution in [0.15, 0.2) is 32.0 Å². The Morgan fingerprint density at radius 2 is 1.88 bits per heavy atom. The summed E-state index contributed by atoms with van der Waals surface area (Å²) in [5.74, 6) is 0.292. The van der Waals surface area contributed by atoms with E-state index < -0.39 is 10.0 Å². The molecule has 0 saturated carbocycles. The minimum atomic E-state index is -3.43. The van der Waals surface area contributed by atoms with Gasteiger partial charge in [0.2, 0.25) is 10.0 Å². The van der Waals surface area contributed by atoms with Crippen molar-refractivity contribution in [1.82, 2.24) is 4.31 Å². The standard InChI is InChI=1S/C11H15Br2NO2S/c1-8(2)7-14(3)17(15,16)11-6-9(12)4-5-10(11)13/h4-6,8H,7H2,1-3H3. The predicted molar refractivity (Wildman–Crippen MR) is 76.5 cm³/mol. The molecule has 0 heterocycles. The van der Waals surface area contributed by atoms with Crippen LogP contribution in [0.3, 0.4) is 0 Å². The fourth-order valence-corrected chi connectivity index (χ4v) is 4.25. The molecule has 0 N–H and O–H groups in total. The SMILES string of the molecule is CC(C)CN(C)S(=O)(=O)c1cc(Br)ccc1Br. The lowest BCUT2D eigenvalue weighted by molar-refractivity contribution is 0.417. The number of halogens is 2. The second-order valence-electron chi connectivity index (χ2n) is 4.25. The number of benzene rings is 1. The number of hydrogen-bond acceptors (Lipinski definition) is 2. The van der Waals surface area contributed by atoms with Gasteiger partial charge in [0.1, 0.15) is 0 Å². The van der Waals surface area contributed by atoms with Gasteiger partial charge in [-0.2, -0.15) is 0 Å². The average molecular weight is 385 g/mol. The fourth-order valence-electron chi connectivity index (χ4n) is 1.46. The van der Waals surface area contributed by atoms with E-state index in [1.807, 2.05) is 13.8 Å². The van der Waals surface area contributed by atoms with Crippen LogP contribution in [0.25, 0.3) is 0 Å². The first kappa shape index (κ1) is 15.1. The van der Waals surface area contributed by atoms with Crippen molar-refractivity contribution in [3.8, 4) is 0 Å². The second-order valence-corrected chi connectivity index (χ2v) is 8.04. The van der Waals surface area contributed by atoms with Gasteiger partial charge in [-0.25, -0.2) is 12.7 Å². The Morgan fingerprint density at radius 1 is 1.29 bits per heavy atom. The first-order valence-corrected chi connectivity index (χ1v) is 8.19. The molecule has 1 rings (SSSR count). The zero-order valence-corrected chi connectivity index (χ0v) is 13.9. The van der Waals surface area contributed by atoms with E-state index in [9.17, 15) is 8.42 Å². The van der Waals surface area contributed by atoms with E-state index >= 15 is 0 Å². The van der Waals surface area contributed by atoms with E-state index in [-0.39, 0.29) is 4.90 Å². The molecular formula is C11H15Br2NO2S. The minimum absolute atomic E-state index is 0.287. The summed E-state index contributed by atoms with van der Waals surface area (Å²) in [6.07, 6.45) is 0. The van der Waals surface area contributed by atoms with Crippen LogP contribution in [-0.4, -0.2) is 26.3 Å². The van der Waals surface area contributed by atoms with Crippen molar-refractivity contribution < 1.29 is 8.42 Å². The number of sulfonamides is 1. The van der Waals surface area contributed by atoms with Crippen LogP contribution in [0.5, 0.6) is 0 Å². The van der Waals surface area contributed by atoms with Crippen LogP contribution in [-0.2, 0) is 10.0 Å². The van der Waals surface area contributed by atoms with Crippen molar-refractivity contribution in [3.05, 3.63) is 27.1 Å². The van der Waals surface area contributed by atoms with Gasteiger partial charge in [0.05, 0.1) is 4.90 Å². The van der Waals surface area contributed by atoms with Crippen molar-refractivity contribution in [2.75, 3.05) is 13.6 Å². The summed E-state index contributed by atoms with van der Waals surface area (Å²) >= 11 is 6.56. The summed E-state index contributed by atoms with van der Waals surface area (Å²) < 4.78 is 27.3. The number of rotatable bonds is 4. The minimum Gasteiger partial charge on any atom is -0.207 e. The molecule has 0 spiro atoms. The molecule has 0 aliphatic heterocycles. The first-order valence-electron chi connectivity index (χ1n) is 5.16. The zero-order chi connectivity index (χ0) is 13.2. The van der Waals surface area contributed by atoms with Crippen molar-refractivity contribution in [2.45, 2.75) is 18.7 Å². The van der Waals surface area contributed by atoms with E-state index in [2.05, 4.69) is 31.9 Å². The summed E-state index contributed by atoms with van der Waals surface area (Å²) in [6, 6.07) is 5.13. The third-order valence-corrected chi connectivity index (χ3v) is 5.51. The molecule has 0 amide bonds. The summed E-state index contributed by atoms with van der Waals surface area (Å²) in [6.45, 7) is 4.48. The van der Waals surface area contributed by atoms with E-state index in [0.29, 0.717) is 16.9 Å². The van der Waals surface area contributed by atoms with Gasteiger partial charge in [-0.15, -0.1) is 0 Å². The summed E-state index contributed by atoms with van der Waals surface area (Å²) in [5.41, 5.74) is 0. The van der Waals surface area contributed by atoms with Gasteiger partial charge in [-0.05, 0) is 40.0 Å². The Labute approximate surface area is 120 Å². The number of hydrogen-bond donors (Lipinski definition) is 0. The number of nitrogens with zero attached hydrogens (tertiary/aromatic N) is 1. The van der Waals surface area contributed by atoms with Gasteiger partial charge in [-0.1, -0.05) is 29.8 Å². The van der Waals surface area contributed by atoms with Crippen molar-refractivity contribution in [2.24, 2.45) is 5.92 Å². The lowest BCUT2D eigenvalue weighted by atomic mass is 10.2. The molecular weight excluding hydrogens is 370 g/mol. The van der Waals surface area contributed by atoms with Gasteiger partial charge in [0, 0.05) is 22.5 Å². The Hall–Kier alpha value is 0.0900. The maximum atomic E-state index is 12.3. The third kappa shape index (κ3) is 3.77. The van der Waals surface area contributed by atoms with Crippen LogP contribution in [0.4, 0.5) is 0 Å². The van der Waals surface area contributed by atoms with Crippen LogP contribution in [0.2, 0.25) is 0 Å². The lowest BCUT2D eigenvalue weighted by Crippen LogP contribution is -2.30. The topological polar surface area (TPSA) is 37.4 Å². The smallest absolute Gasteiger partial charge is 0.207 e. The molecule has 0 radical (unpaired) electrons. The molecule has 0 atom stereocenters. The Bertz CT molecular complexity index is 500. The van der Waals surface area contributed by atoms with E-state index in [0.717, 1.165) is 4.47 Å². The lowest BCUT2D eigenvalue weighted by Gasteiger charge is -2.20. The largest absolute Gasteiger partial charge is 0.243 e. The monoisotopic (exact) mass is 383 g/mol. The van der Waals surface area contributed by atoms with Gasteiger partial charge < -0.3 is 0 Å². The van der Waals surface area contributed by atoms with Crippen LogP contribution in [0.1, 0.15) is 13.8 Å². The van der Waals surface area contributed by atoms with Crippen molar-refractivity contribution >= 4 is 41.9 Å². The molecule has 0 saturated heterocycles. The van der Waals surface area contributed by atoms with Gasteiger partial charge in [-0.3, -0.25) is 0 Å². The van der Waals surface area contributed by atoms with E-state index in [1.54, 1.807) is 25.2 Å². The molecule has 1 aromatic rings. The molecule has 0 aliphatic rings. The Kier molecular flexibility index (Phi) is 5.19. The Balaban J connectivity index is 3.17. The molecule has 0 aliphatic carbocycles. The molecule has 17 heavy (non-hydrogen) atoms. The predicted octanol–water partition coefficient (Wildman–Crippen LogP) is 3.49. The quantitative estimate of drug-likeness (QED) is 0.796. The molecule has 0 aromatic heterocycles. The van der Waals surface area contributed by atoms with E-state index in [1.165, 1.54) is 4.31 Å². The molecule has 0 fully saturated rings. The Morgan fingerprint density at radius 3 is 2.41 bits per heavy atom. The summed E-state index contributed by atoms with van der Waals surface area (Å²) in [4.78, 5) is 0.287. The molecule has 0 bridgehead atoms. The van der Waals surface area contributed by atoms with Gasteiger partial charge in [0.15, 0.2) is 0 Å². The van der Waals surface area contributed by atoms with Crippen LogP contribution in [0, 0.1) is 5.92 Å². The average Bonchev–Trinajstić information content (AvgIpc) is 2.20. The zero-order valence-electron chi connectivity index (χ0n) is 9.94. The third-order valence-electron chi connectivity index (χ3n) is 2.20. The fraction of sp³-hybridized carbons (Fsp3) is 0.455. The maximum Gasteiger partial charge on any atom is 0.243 e. The van der Waals surface area contributed by atoms with Crippen molar-refractivity contribution in [3.63, 3.8) is 0 Å². The van der Waals surface area contributed by atoms with Gasteiger partial charge in [0.25, 0.3) is 0 Å². The maximum absolute atomic E-state index is 12.3. The van der Waals surface area contributed by atoms with Crippen LogP contribution >= 0.6 is 31.9 Å². The highest BCUT2D eigenvalue weighted by Crippen LogP contribution is 2.27.